The van der Waals surface area contributed by atoms with Crippen LogP contribution >= 0.6 is 11.8 Å². The number of hydrogen-bond donors (Lipinski definition) is 1. The van der Waals surface area contributed by atoms with E-state index >= 15 is 0 Å². The topological polar surface area (TPSA) is 29.3 Å². The zero-order valence-corrected chi connectivity index (χ0v) is 13.4. The fourth-order valence-corrected chi connectivity index (χ4v) is 2.93. The van der Waals surface area contributed by atoms with Gasteiger partial charge in [-0.25, -0.2) is 4.98 Å². The number of nitrogens with zero attached hydrogens (tertiary/aromatic N) is 2. The summed E-state index contributed by atoms with van der Waals surface area (Å²) < 4.78 is 2.18. The van der Waals surface area contributed by atoms with Gasteiger partial charge >= 0.3 is 0 Å². The largest absolute Gasteiger partial charge is 0.311 e. The molecule has 0 aliphatic heterocycles. The maximum Gasteiger partial charge on any atom is 0.137 e. The number of pyridine rings is 1. The molecule has 0 spiro atoms. The second-order valence-corrected chi connectivity index (χ2v) is 6.14. The van der Waals surface area contributed by atoms with E-state index in [1.54, 1.807) is 0 Å². The third-order valence-electron chi connectivity index (χ3n) is 3.57. The van der Waals surface area contributed by atoms with Crippen molar-refractivity contribution in [2.24, 2.45) is 0 Å². The number of rotatable bonds is 9. The molecule has 0 atom stereocenters. The van der Waals surface area contributed by atoms with Gasteiger partial charge in [0.2, 0.25) is 0 Å². The molecule has 0 aliphatic rings. The van der Waals surface area contributed by atoms with Crippen LogP contribution in [0, 0.1) is 6.92 Å². The van der Waals surface area contributed by atoms with Gasteiger partial charge in [0, 0.05) is 12.7 Å². The molecule has 2 heterocycles. The molecule has 20 heavy (non-hydrogen) atoms. The van der Waals surface area contributed by atoms with E-state index in [0.717, 1.165) is 24.4 Å². The van der Waals surface area contributed by atoms with Crippen LogP contribution in [0.2, 0.25) is 0 Å². The van der Waals surface area contributed by atoms with Crippen LogP contribution in [0.3, 0.4) is 0 Å². The Balaban J connectivity index is 1.72. The molecule has 0 aliphatic carbocycles. The summed E-state index contributed by atoms with van der Waals surface area (Å²) in [5.41, 5.74) is 3.45. The average molecular weight is 291 g/mol. The number of aromatic nitrogens is 2. The number of nitrogens with one attached hydrogen (secondary N) is 1. The van der Waals surface area contributed by atoms with Crippen molar-refractivity contribution in [2.75, 3.05) is 18.6 Å². The SMILES string of the molecule is CSCCCCCCNCc1c(C)nc2ccccn12. The van der Waals surface area contributed by atoms with Crippen LogP contribution in [-0.4, -0.2) is 27.9 Å². The Morgan fingerprint density at radius 2 is 2.05 bits per heavy atom. The van der Waals surface area contributed by atoms with E-state index in [-0.39, 0.29) is 0 Å². The maximum absolute atomic E-state index is 4.58. The molecule has 0 aromatic carbocycles. The van der Waals surface area contributed by atoms with Crippen LogP contribution in [0.15, 0.2) is 24.4 Å². The summed E-state index contributed by atoms with van der Waals surface area (Å²) in [4.78, 5) is 4.58. The van der Waals surface area contributed by atoms with Crippen molar-refractivity contribution in [3.05, 3.63) is 35.8 Å². The lowest BCUT2D eigenvalue weighted by Crippen LogP contribution is -2.16. The summed E-state index contributed by atoms with van der Waals surface area (Å²) in [7, 11) is 0. The number of hydrogen-bond acceptors (Lipinski definition) is 3. The lowest BCUT2D eigenvalue weighted by Gasteiger charge is -2.06. The minimum absolute atomic E-state index is 0.905. The van der Waals surface area contributed by atoms with Crippen molar-refractivity contribution in [1.82, 2.24) is 14.7 Å². The number of imidazole rings is 1. The molecule has 0 amide bonds. The number of aryl methyl sites for hydroxylation is 1. The van der Waals surface area contributed by atoms with Crippen LogP contribution < -0.4 is 5.32 Å². The van der Waals surface area contributed by atoms with Crippen LogP contribution in [0.25, 0.3) is 5.65 Å². The Bertz CT molecular complexity index is 521. The summed E-state index contributed by atoms with van der Waals surface area (Å²) in [6.45, 7) is 4.09. The highest BCUT2D eigenvalue weighted by Gasteiger charge is 2.06. The maximum atomic E-state index is 4.58. The van der Waals surface area contributed by atoms with E-state index in [9.17, 15) is 0 Å². The fourth-order valence-electron chi connectivity index (χ4n) is 2.43. The van der Waals surface area contributed by atoms with E-state index in [1.807, 2.05) is 17.8 Å². The van der Waals surface area contributed by atoms with Crippen molar-refractivity contribution in [2.45, 2.75) is 39.2 Å². The predicted molar refractivity (Wildman–Crippen MR) is 88.5 cm³/mol. The van der Waals surface area contributed by atoms with Gasteiger partial charge in [-0.15, -0.1) is 0 Å². The molecule has 0 fully saturated rings. The first-order valence-corrected chi connectivity index (χ1v) is 8.84. The van der Waals surface area contributed by atoms with Gasteiger partial charge in [0.1, 0.15) is 5.65 Å². The lowest BCUT2D eigenvalue weighted by atomic mass is 10.2. The molecule has 0 saturated heterocycles. The second-order valence-electron chi connectivity index (χ2n) is 5.16. The van der Waals surface area contributed by atoms with E-state index < -0.39 is 0 Å². The summed E-state index contributed by atoms with van der Waals surface area (Å²) in [5, 5.41) is 3.55. The molecule has 0 unspecified atom stereocenters. The van der Waals surface area contributed by atoms with Crippen LogP contribution in [0.5, 0.6) is 0 Å². The van der Waals surface area contributed by atoms with Crippen molar-refractivity contribution in [3.63, 3.8) is 0 Å². The van der Waals surface area contributed by atoms with Crippen molar-refractivity contribution >= 4 is 17.4 Å². The molecule has 4 heteroatoms. The minimum atomic E-state index is 0.905. The monoisotopic (exact) mass is 291 g/mol. The van der Waals surface area contributed by atoms with Gasteiger partial charge in [0.25, 0.3) is 0 Å². The van der Waals surface area contributed by atoms with E-state index in [0.29, 0.717) is 0 Å². The molecule has 3 nitrogen and oxygen atoms in total. The third kappa shape index (κ3) is 4.25. The molecular weight excluding hydrogens is 266 g/mol. The summed E-state index contributed by atoms with van der Waals surface area (Å²) in [5.74, 6) is 1.30. The lowest BCUT2D eigenvalue weighted by molar-refractivity contribution is 0.592. The van der Waals surface area contributed by atoms with Crippen molar-refractivity contribution in [3.8, 4) is 0 Å². The summed E-state index contributed by atoms with van der Waals surface area (Å²) in [6, 6.07) is 6.15. The highest BCUT2D eigenvalue weighted by Crippen LogP contribution is 2.11. The molecular formula is C16H25N3S. The molecule has 0 bridgehead atoms. The van der Waals surface area contributed by atoms with E-state index in [1.165, 1.54) is 37.1 Å². The van der Waals surface area contributed by atoms with Gasteiger partial charge in [-0.3, -0.25) is 0 Å². The zero-order valence-electron chi connectivity index (χ0n) is 12.6. The van der Waals surface area contributed by atoms with Gasteiger partial charge in [0.15, 0.2) is 0 Å². The van der Waals surface area contributed by atoms with Gasteiger partial charge in [-0.1, -0.05) is 18.9 Å². The summed E-state index contributed by atoms with van der Waals surface area (Å²) in [6.07, 6.45) is 9.59. The Morgan fingerprint density at radius 3 is 2.90 bits per heavy atom. The first-order valence-electron chi connectivity index (χ1n) is 7.45. The average Bonchev–Trinajstić information content (AvgIpc) is 2.78. The quantitative estimate of drug-likeness (QED) is 0.715. The Labute approximate surface area is 126 Å². The Morgan fingerprint density at radius 1 is 1.20 bits per heavy atom. The minimum Gasteiger partial charge on any atom is -0.311 e. The van der Waals surface area contributed by atoms with Gasteiger partial charge < -0.3 is 9.72 Å². The van der Waals surface area contributed by atoms with Crippen LogP contribution in [-0.2, 0) is 6.54 Å². The zero-order chi connectivity index (χ0) is 14.2. The van der Waals surface area contributed by atoms with Crippen LogP contribution in [0.4, 0.5) is 0 Å². The van der Waals surface area contributed by atoms with Gasteiger partial charge in [-0.2, -0.15) is 11.8 Å². The molecule has 2 aromatic rings. The molecule has 2 rings (SSSR count). The molecule has 110 valence electrons. The number of fused-ring (bicyclic) bond motifs is 1. The Hall–Kier alpha value is -1.00. The highest BCUT2D eigenvalue weighted by molar-refractivity contribution is 7.98. The van der Waals surface area contributed by atoms with Crippen molar-refractivity contribution < 1.29 is 0 Å². The molecule has 0 saturated carbocycles. The van der Waals surface area contributed by atoms with E-state index in [2.05, 4.69) is 46.2 Å². The number of thioether (sulfide) groups is 1. The number of unbranched alkanes of at least 4 members (excludes halogenated alkanes) is 3. The molecule has 1 N–H and O–H groups in total. The second kappa shape index (κ2) is 8.32. The van der Waals surface area contributed by atoms with E-state index in [4.69, 9.17) is 0 Å². The molecule has 2 aromatic heterocycles. The highest BCUT2D eigenvalue weighted by atomic mass is 32.2. The third-order valence-corrected chi connectivity index (χ3v) is 4.27. The fraction of sp³-hybridized carbons (Fsp3) is 0.562. The first-order chi connectivity index (χ1) is 9.83. The summed E-state index contributed by atoms with van der Waals surface area (Å²) >= 11 is 1.95. The normalized spacial score (nSPS) is 11.3. The van der Waals surface area contributed by atoms with Gasteiger partial charge in [0.05, 0.1) is 11.4 Å². The predicted octanol–water partition coefficient (Wildman–Crippen LogP) is 3.66. The smallest absolute Gasteiger partial charge is 0.137 e. The first kappa shape index (κ1) is 15.4. The standard InChI is InChI=1S/C16H25N3S/c1-14-15(19-11-7-5-9-16(19)18-14)13-17-10-6-3-4-8-12-20-2/h5,7,9,11,17H,3-4,6,8,10,12-13H2,1-2H3. The Kier molecular flexibility index (Phi) is 6.40. The van der Waals surface area contributed by atoms with Crippen molar-refractivity contribution in [1.29, 1.82) is 0 Å². The molecule has 0 radical (unpaired) electrons. The van der Waals surface area contributed by atoms with Crippen LogP contribution in [0.1, 0.15) is 37.1 Å². The van der Waals surface area contributed by atoms with Gasteiger partial charge in [-0.05, 0) is 50.5 Å².